The van der Waals surface area contributed by atoms with E-state index in [0.29, 0.717) is 5.75 Å². The summed E-state index contributed by atoms with van der Waals surface area (Å²) in [6.07, 6.45) is 0. The molecule has 0 aromatic heterocycles. The van der Waals surface area contributed by atoms with Crippen molar-refractivity contribution in [3.05, 3.63) is 54.1 Å². The van der Waals surface area contributed by atoms with Crippen molar-refractivity contribution >= 4 is 5.97 Å². The van der Waals surface area contributed by atoms with Crippen molar-refractivity contribution in [1.29, 1.82) is 0 Å². The number of hydrogen-bond acceptors (Lipinski definition) is 2. The third-order valence-electron chi connectivity index (χ3n) is 1.78. The summed E-state index contributed by atoms with van der Waals surface area (Å²) in [6, 6.07) is 14.8. The van der Waals surface area contributed by atoms with E-state index in [2.05, 4.69) is 0 Å². The molecule has 1 N–H and O–H groups in total. The molecule has 3 nitrogen and oxygen atoms in total. The van der Waals surface area contributed by atoms with Crippen molar-refractivity contribution in [2.45, 2.75) is 0 Å². The molecule has 0 saturated carbocycles. The third kappa shape index (κ3) is 4.34. The minimum atomic E-state index is -0.957. The molecular weight excluding hydrogens is 248 g/mol. The first-order valence-electron chi connectivity index (χ1n) is 4.45. The van der Waals surface area contributed by atoms with Crippen LogP contribution in [0, 0.1) is 0 Å². The van der Waals surface area contributed by atoms with Gasteiger partial charge in [0.05, 0.1) is 7.11 Å². The molecule has 86 valence electrons. The standard InChI is InChI=1S/C7H7O3.C5H5.Fe/c1-10-6-4-2-3-5(6)7(8)9;1-2-4-5-3-1;/h2-4H,1H3,(H,8,9);1-5H;/q2*-1;+2. The van der Waals surface area contributed by atoms with Crippen LogP contribution in [0.4, 0.5) is 0 Å². The summed E-state index contributed by atoms with van der Waals surface area (Å²) in [4.78, 5) is 10.4. The van der Waals surface area contributed by atoms with Crippen molar-refractivity contribution in [2.75, 3.05) is 7.11 Å². The van der Waals surface area contributed by atoms with Crippen LogP contribution in [-0.2, 0) is 17.1 Å². The molecule has 0 fully saturated rings. The molecule has 0 aliphatic rings. The molecule has 0 amide bonds. The summed E-state index contributed by atoms with van der Waals surface area (Å²) in [5.41, 5.74) is 0.211. The van der Waals surface area contributed by atoms with Crippen LogP contribution in [0.5, 0.6) is 5.75 Å². The first-order chi connectivity index (χ1) is 7.25. The van der Waals surface area contributed by atoms with E-state index in [1.807, 2.05) is 30.3 Å². The fourth-order valence-electron chi connectivity index (χ4n) is 1.08. The molecule has 2 aromatic rings. The van der Waals surface area contributed by atoms with Crippen LogP contribution in [0.25, 0.3) is 0 Å². The summed E-state index contributed by atoms with van der Waals surface area (Å²) in [5.74, 6) is -0.547. The number of carboxylic acids is 1. The van der Waals surface area contributed by atoms with Crippen molar-refractivity contribution in [3.63, 3.8) is 0 Å². The van der Waals surface area contributed by atoms with Crippen LogP contribution in [0.3, 0.4) is 0 Å². The molecule has 2 aromatic carbocycles. The predicted molar refractivity (Wildman–Crippen MR) is 57.6 cm³/mol. The molecule has 0 aliphatic carbocycles. The largest absolute Gasteiger partial charge is 2.00 e. The second-order valence-electron chi connectivity index (χ2n) is 2.78. The fraction of sp³-hybridized carbons (Fsp3) is 0.0833. The molecule has 0 aliphatic heterocycles. The van der Waals surface area contributed by atoms with E-state index in [-0.39, 0.29) is 22.6 Å². The number of carbonyl (C=O) groups is 1. The number of rotatable bonds is 2. The van der Waals surface area contributed by atoms with Crippen molar-refractivity contribution < 1.29 is 31.7 Å². The second kappa shape index (κ2) is 7.74. The Morgan fingerprint density at radius 2 is 2.00 bits per heavy atom. The summed E-state index contributed by atoms with van der Waals surface area (Å²) in [6.45, 7) is 0. The summed E-state index contributed by atoms with van der Waals surface area (Å²) < 4.78 is 4.77. The van der Waals surface area contributed by atoms with Gasteiger partial charge in [-0.15, -0.1) is 6.07 Å². The van der Waals surface area contributed by atoms with Gasteiger partial charge < -0.3 is 14.6 Å². The van der Waals surface area contributed by atoms with Crippen LogP contribution in [0.15, 0.2) is 48.5 Å². The number of carboxylic acid groups (broad SMARTS) is 1. The second-order valence-corrected chi connectivity index (χ2v) is 2.78. The Balaban J connectivity index is 0.000000318. The number of ether oxygens (including phenoxy) is 1. The Morgan fingerprint density at radius 1 is 1.38 bits per heavy atom. The minimum Gasteiger partial charge on any atom is -0.540 e. The van der Waals surface area contributed by atoms with Gasteiger partial charge in [-0.3, -0.25) is 0 Å². The zero-order valence-electron chi connectivity index (χ0n) is 8.74. The third-order valence-corrected chi connectivity index (χ3v) is 1.78. The summed E-state index contributed by atoms with van der Waals surface area (Å²) in [7, 11) is 1.45. The van der Waals surface area contributed by atoms with E-state index in [1.165, 1.54) is 13.2 Å². The Morgan fingerprint density at radius 3 is 2.31 bits per heavy atom. The van der Waals surface area contributed by atoms with Gasteiger partial charge in [-0.25, -0.2) is 12.1 Å². The molecule has 0 heterocycles. The van der Waals surface area contributed by atoms with Crippen LogP contribution in [0.2, 0.25) is 0 Å². The van der Waals surface area contributed by atoms with Gasteiger partial charge in [-0.1, -0.05) is 0 Å². The van der Waals surface area contributed by atoms with E-state index < -0.39 is 5.97 Å². The van der Waals surface area contributed by atoms with Crippen LogP contribution in [0.1, 0.15) is 10.4 Å². The van der Waals surface area contributed by atoms with Crippen LogP contribution >= 0.6 is 0 Å². The molecule has 0 spiro atoms. The van der Waals surface area contributed by atoms with E-state index in [1.54, 1.807) is 12.1 Å². The van der Waals surface area contributed by atoms with Gasteiger partial charge in [0.15, 0.2) is 0 Å². The van der Waals surface area contributed by atoms with Crippen LogP contribution in [-0.4, -0.2) is 18.2 Å². The number of aromatic carboxylic acids is 1. The first kappa shape index (κ1) is 14.5. The van der Waals surface area contributed by atoms with Crippen molar-refractivity contribution in [1.82, 2.24) is 0 Å². The van der Waals surface area contributed by atoms with Crippen LogP contribution < -0.4 is 4.74 Å². The first-order valence-corrected chi connectivity index (χ1v) is 4.45. The van der Waals surface area contributed by atoms with E-state index >= 15 is 0 Å². The molecule has 0 unspecified atom stereocenters. The van der Waals surface area contributed by atoms with Gasteiger partial charge >= 0.3 is 17.1 Å². The normalized spacial score (nSPS) is 8.31. The zero-order chi connectivity index (χ0) is 11.1. The van der Waals surface area contributed by atoms with Gasteiger partial charge in [0.2, 0.25) is 0 Å². The van der Waals surface area contributed by atoms with E-state index in [4.69, 9.17) is 9.84 Å². The van der Waals surface area contributed by atoms with Crippen molar-refractivity contribution in [3.8, 4) is 5.75 Å². The Labute approximate surface area is 105 Å². The molecular formula is C12H12FeO3. The average molecular weight is 260 g/mol. The Hall–Kier alpha value is -1.51. The maximum absolute atomic E-state index is 10.4. The topological polar surface area (TPSA) is 46.5 Å². The van der Waals surface area contributed by atoms with Crippen molar-refractivity contribution in [2.24, 2.45) is 0 Å². The summed E-state index contributed by atoms with van der Waals surface area (Å²) >= 11 is 0. The monoisotopic (exact) mass is 260 g/mol. The zero-order valence-corrected chi connectivity index (χ0v) is 9.84. The predicted octanol–water partition coefficient (Wildman–Crippen LogP) is 2.52. The molecule has 2 rings (SSSR count). The quantitative estimate of drug-likeness (QED) is 0.666. The molecule has 16 heavy (non-hydrogen) atoms. The smallest absolute Gasteiger partial charge is 0.540 e. The Kier molecular flexibility index (Phi) is 7.01. The van der Waals surface area contributed by atoms with Gasteiger partial charge in [-0.05, 0) is 5.56 Å². The maximum Gasteiger partial charge on any atom is 2.00 e. The SMILES string of the molecule is CO[c-]1cccc1C(=O)O.[Fe+2].c1cc[cH-]c1. The average Bonchev–Trinajstić information content (AvgIpc) is 2.92. The molecule has 4 heteroatoms. The van der Waals surface area contributed by atoms with Gasteiger partial charge in [0.1, 0.15) is 0 Å². The maximum atomic E-state index is 10.4. The molecule has 0 atom stereocenters. The van der Waals surface area contributed by atoms with E-state index in [9.17, 15) is 4.79 Å². The summed E-state index contributed by atoms with van der Waals surface area (Å²) in [5, 5.41) is 8.51. The van der Waals surface area contributed by atoms with Gasteiger partial charge in [0.25, 0.3) is 5.97 Å². The number of hydrogen-bond donors (Lipinski definition) is 1. The Bertz CT molecular complexity index is 373. The molecule has 0 radical (unpaired) electrons. The minimum absolute atomic E-state index is 0. The van der Waals surface area contributed by atoms with Gasteiger partial charge in [0, 0.05) is 5.75 Å². The van der Waals surface area contributed by atoms with E-state index in [0.717, 1.165) is 0 Å². The molecule has 0 saturated heterocycles. The number of methoxy groups -OCH3 is 1. The molecule has 0 bridgehead atoms. The van der Waals surface area contributed by atoms with Gasteiger partial charge in [-0.2, -0.15) is 30.3 Å². The fourth-order valence-corrected chi connectivity index (χ4v) is 1.08.